The molecule has 2 aromatic rings. The molecular formula is C11H10BrN5O. The van der Waals surface area contributed by atoms with E-state index in [-0.39, 0.29) is 11.6 Å². The van der Waals surface area contributed by atoms with Crippen LogP contribution in [-0.2, 0) is 0 Å². The van der Waals surface area contributed by atoms with Crippen molar-refractivity contribution in [2.45, 2.75) is 0 Å². The minimum Gasteiger partial charge on any atom is -0.321 e. The summed E-state index contributed by atoms with van der Waals surface area (Å²) in [5, 5.41) is 2.71. The zero-order valence-electron chi connectivity index (χ0n) is 9.22. The van der Waals surface area contributed by atoms with Crippen molar-refractivity contribution in [1.82, 2.24) is 9.97 Å². The van der Waals surface area contributed by atoms with Gasteiger partial charge in [0.05, 0.1) is 12.4 Å². The number of aromatic nitrogens is 2. The molecule has 0 saturated heterocycles. The highest BCUT2D eigenvalue weighted by molar-refractivity contribution is 9.10. The number of nitrogens with two attached hydrogens (primary N) is 1. The zero-order valence-corrected chi connectivity index (χ0v) is 10.8. The first-order chi connectivity index (χ1) is 8.69. The fourth-order valence-corrected chi connectivity index (χ4v) is 1.51. The number of benzene rings is 1. The van der Waals surface area contributed by atoms with Gasteiger partial charge in [-0.25, -0.2) is 15.8 Å². The van der Waals surface area contributed by atoms with E-state index in [0.717, 1.165) is 4.47 Å². The van der Waals surface area contributed by atoms with Crippen molar-refractivity contribution in [2.24, 2.45) is 5.84 Å². The average molecular weight is 308 g/mol. The summed E-state index contributed by atoms with van der Waals surface area (Å²) < 4.78 is 0.943. The van der Waals surface area contributed by atoms with Crippen LogP contribution in [-0.4, -0.2) is 15.9 Å². The number of nitrogens with zero attached hydrogens (tertiary/aromatic N) is 2. The van der Waals surface area contributed by atoms with Crippen molar-refractivity contribution in [3.05, 3.63) is 46.8 Å². The minimum atomic E-state index is -0.326. The maximum Gasteiger partial charge on any atom is 0.275 e. The lowest BCUT2D eigenvalue weighted by Gasteiger charge is -2.05. The highest BCUT2D eigenvalue weighted by Crippen LogP contribution is 2.14. The van der Waals surface area contributed by atoms with Crippen molar-refractivity contribution in [2.75, 3.05) is 10.7 Å². The molecule has 7 heteroatoms. The van der Waals surface area contributed by atoms with Crippen LogP contribution in [0.5, 0.6) is 0 Å². The number of amides is 1. The van der Waals surface area contributed by atoms with Gasteiger partial charge in [-0.2, -0.15) is 0 Å². The molecule has 18 heavy (non-hydrogen) atoms. The van der Waals surface area contributed by atoms with Gasteiger partial charge in [-0.1, -0.05) is 15.9 Å². The van der Waals surface area contributed by atoms with Crippen LogP contribution in [0.15, 0.2) is 41.1 Å². The van der Waals surface area contributed by atoms with Gasteiger partial charge in [0.2, 0.25) is 0 Å². The van der Waals surface area contributed by atoms with Gasteiger partial charge in [0.15, 0.2) is 5.82 Å². The third-order valence-corrected chi connectivity index (χ3v) is 2.66. The smallest absolute Gasteiger partial charge is 0.275 e. The van der Waals surface area contributed by atoms with Gasteiger partial charge in [-0.15, -0.1) is 0 Å². The van der Waals surface area contributed by atoms with Crippen LogP contribution >= 0.6 is 15.9 Å². The standard InChI is InChI=1S/C11H10BrN5O/c12-7-1-3-8(4-2-7)16-11(18)9-5-15-10(17-13)6-14-9/h1-6H,13H2,(H,15,17)(H,16,18). The Kier molecular flexibility index (Phi) is 3.85. The first-order valence-corrected chi connectivity index (χ1v) is 5.84. The molecule has 2 rings (SSSR count). The summed E-state index contributed by atoms with van der Waals surface area (Å²) in [5.41, 5.74) is 3.24. The van der Waals surface area contributed by atoms with Crippen LogP contribution in [0.4, 0.5) is 11.5 Å². The Balaban J connectivity index is 2.09. The van der Waals surface area contributed by atoms with E-state index in [0.29, 0.717) is 11.5 Å². The number of carbonyl (C=O) groups excluding carboxylic acids is 1. The van der Waals surface area contributed by atoms with Crippen molar-refractivity contribution >= 4 is 33.3 Å². The molecule has 1 heterocycles. The Labute approximate surface area is 112 Å². The lowest BCUT2D eigenvalue weighted by atomic mass is 10.3. The van der Waals surface area contributed by atoms with Crippen molar-refractivity contribution in [3.63, 3.8) is 0 Å². The summed E-state index contributed by atoms with van der Waals surface area (Å²) in [6.45, 7) is 0. The lowest BCUT2D eigenvalue weighted by Crippen LogP contribution is -2.15. The van der Waals surface area contributed by atoms with Gasteiger partial charge in [0, 0.05) is 10.2 Å². The second-order valence-corrected chi connectivity index (χ2v) is 4.31. The third-order valence-electron chi connectivity index (χ3n) is 2.13. The number of anilines is 2. The van der Waals surface area contributed by atoms with Crippen molar-refractivity contribution in [1.29, 1.82) is 0 Å². The molecule has 1 aromatic carbocycles. The number of hydrazine groups is 1. The topological polar surface area (TPSA) is 92.9 Å². The first kappa shape index (κ1) is 12.5. The molecule has 0 radical (unpaired) electrons. The van der Waals surface area contributed by atoms with Crippen LogP contribution in [0.3, 0.4) is 0 Å². The van der Waals surface area contributed by atoms with E-state index in [1.807, 2.05) is 12.1 Å². The molecule has 92 valence electrons. The molecule has 0 aliphatic rings. The van der Waals surface area contributed by atoms with Crippen LogP contribution in [0.2, 0.25) is 0 Å². The number of nitrogens with one attached hydrogen (secondary N) is 2. The number of hydrogen-bond donors (Lipinski definition) is 3. The van der Waals surface area contributed by atoms with E-state index in [2.05, 4.69) is 36.6 Å². The number of carbonyl (C=O) groups is 1. The average Bonchev–Trinajstić information content (AvgIpc) is 2.41. The van der Waals surface area contributed by atoms with E-state index >= 15 is 0 Å². The second kappa shape index (κ2) is 5.56. The maximum absolute atomic E-state index is 11.8. The fourth-order valence-electron chi connectivity index (χ4n) is 1.25. The highest BCUT2D eigenvalue weighted by Gasteiger charge is 2.08. The molecule has 4 N–H and O–H groups in total. The molecule has 0 fully saturated rings. The Morgan fingerprint density at radius 1 is 1.17 bits per heavy atom. The summed E-state index contributed by atoms with van der Waals surface area (Å²) in [5.74, 6) is 5.23. The zero-order chi connectivity index (χ0) is 13.0. The van der Waals surface area contributed by atoms with Gasteiger partial charge in [0.1, 0.15) is 5.69 Å². The number of nitrogen functional groups attached to an aromatic ring is 1. The fraction of sp³-hybridized carbons (Fsp3) is 0. The van der Waals surface area contributed by atoms with Crippen molar-refractivity contribution in [3.8, 4) is 0 Å². The molecule has 0 bridgehead atoms. The Hall–Kier alpha value is -1.99. The Morgan fingerprint density at radius 2 is 1.89 bits per heavy atom. The van der Waals surface area contributed by atoms with Crippen LogP contribution in [0, 0.1) is 0 Å². The van der Waals surface area contributed by atoms with Gasteiger partial charge in [-0.05, 0) is 24.3 Å². The summed E-state index contributed by atoms with van der Waals surface area (Å²) in [6, 6.07) is 7.24. The highest BCUT2D eigenvalue weighted by atomic mass is 79.9. The second-order valence-electron chi connectivity index (χ2n) is 3.39. The molecule has 0 unspecified atom stereocenters. The normalized spacial score (nSPS) is 9.89. The first-order valence-electron chi connectivity index (χ1n) is 5.04. The van der Waals surface area contributed by atoms with Crippen LogP contribution < -0.4 is 16.6 Å². The quantitative estimate of drug-likeness (QED) is 0.593. The Bertz CT molecular complexity index is 540. The van der Waals surface area contributed by atoms with Gasteiger partial charge >= 0.3 is 0 Å². The van der Waals surface area contributed by atoms with E-state index in [1.54, 1.807) is 12.1 Å². The molecule has 1 aromatic heterocycles. The summed E-state index contributed by atoms with van der Waals surface area (Å²) in [7, 11) is 0. The predicted molar refractivity (Wildman–Crippen MR) is 71.9 cm³/mol. The van der Waals surface area contributed by atoms with Gasteiger partial charge < -0.3 is 10.7 Å². The van der Waals surface area contributed by atoms with Crippen molar-refractivity contribution < 1.29 is 4.79 Å². The molecular weight excluding hydrogens is 298 g/mol. The molecule has 0 aliphatic carbocycles. The molecule has 1 amide bonds. The summed E-state index contributed by atoms with van der Waals surface area (Å²) in [6.07, 6.45) is 2.74. The van der Waals surface area contributed by atoms with E-state index in [9.17, 15) is 4.79 Å². The van der Waals surface area contributed by atoms with E-state index < -0.39 is 0 Å². The lowest BCUT2D eigenvalue weighted by molar-refractivity contribution is 0.102. The number of rotatable bonds is 3. The van der Waals surface area contributed by atoms with Crippen LogP contribution in [0.1, 0.15) is 10.5 Å². The van der Waals surface area contributed by atoms with Crippen LogP contribution in [0.25, 0.3) is 0 Å². The SMILES string of the molecule is NNc1cnc(C(=O)Nc2ccc(Br)cc2)cn1. The molecule has 0 atom stereocenters. The maximum atomic E-state index is 11.8. The molecule has 0 spiro atoms. The Morgan fingerprint density at radius 3 is 2.44 bits per heavy atom. The predicted octanol–water partition coefficient (Wildman–Crippen LogP) is 1.78. The monoisotopic (exact) mass is 307 g/mol. The third kappa shape index (κ3) is 3.02. The summed E-state index contributed by atoms with van der Waals surface area (Å²) >= 11 is 3.32. The minimum absolute atomic E-state index is 0.219. The number of halogens is 1. The molecule has 6 nitrogen and oxygen atoms in total. The number of hydrogen-bond acceptors (Lipinski definition) is 5. The van der Waals surface area contributed by atoms with Gasteiger partial charge in [0.25, 0.3) is 5.91 Å². The largest absolute Gasteiger partial charge is 0.321 e. The van der Waals surface area contributed by atoms with E-state index in [4.69, 9.17) is 5.84 Å². The van der Waals surface area contributed by atoms with E-state index in [1.165, 1.54) is 12.4 Å². The summed E-state index contributed by atoms with van der Waals surface area (Å²) in [4.78, 5) is 19.7. The molecule has 0 saturated carbocycles. The van der Waals surface area contributed by atoms with Gasteiger partial charge in [-0.3, -0.25) is 4.79 Å². The molecule has 0 aliphatic heterocycles.